The molecule has 0 bridgehead atoms. The molecule has 4 rings (SSSR count). The van der Waals surface area contributed by atoms with Crippen LogP contribution in [0.3, 0.4) is 0 Å². The van der Waals surface area contributed by atoms with E-state index in [2.05, 4.69) is 10.1 Å². The molecule has 6 heteroatoms. The van der Waals surface area contributed by atoms with E-state index in [4.69, 9.17) is 9.40 Å². The first-order chi connectivity index (χ1) is 12.3. The largest absolute Gasteiger partial charge is 0.431 e. The monoisotopic (exact) mass is 348 g/mol. The summed E-state index contributed by atoms with van der Waals surface area (Å²) in [7, 11) is 1.88. The fraction of sp³-hybridized carbons (Fsp3) is 0.105. The molecule has 0 unspecified atom stereocenters. The van der Waals surface area contributed by atoms with Crippen LogP contribution in [-0.4, -0.2) is 19.7 Å². The third-order valence-electron chi connectivity index (χ3n) is 3.82. The van der Waals surface area contributed by atoms with Crippen molar-refractivity contribution in [2.45, 2.75) is 11.0 Å². The zero-order valence-corrected chi connectivity index (χ0v) is 14.5. The van der Waals surface area contributed by atoms with Gasteiger partial charge in [-0.2, -0.15) is 5.10 Å². The second-order valence-corrected chi connectivity index (χ2v) is 6.40. The molecule has 0 aliphatic carbocycles. The third kappa shape index (κ3) is 3.34. The summed E-state index contributed by atoms with van der Waals surface area (Å²) in [6.07, 6.45) is 1.55. The summed E-state index contributed by atoms with van der Waals surface area (Å²) in [5.74, 6) is 2.32. The van der Waals surface area contributed by atoms with Gasteiger partial charge in [0.05, 0.1) is 5.75 Å². The van der Waals surface area contributed by atoms with Crippen LogP contribution < -0.4 is 0 Å². The minimum absolute atomic E-state index is 0.626. The number of nitrogens with zero attached hydrogens (tertiary/aromatic N) is 4. The molecule has 0 saturated carbocycles. The zero-order valence-electron chi connectivity index (χ0n) is 13.7. The maximum Gasteiger partial charge on any atom is 0.257 e. The summed E-state index contributed by atoms with van der Waals surface area (Å²) in [6.45, 7) is 0. The minimum atomic E-state index is 0.626. The van der Waals surface area contributed by atoms with Gasteiger partial charge >= 0.3 is 0 Å². The highest BCUT2D eigenvalue weighted by Gasteiger charge is 2.17. The second kappa shape index (κ2) is 6.94. The summed E-state index contributed by atoms with van der Waals surface area (Å²) < 4.78 is 7.84. The lowest BCUT2D eigenvalue weighted by Gasteiger charge is -2.00. The number of benzene rings is 2. The van der Waals surface area contributed by atoms with E-state index in [0.29, 0.717) is 11.0 Å². The normalized spacial score (nSPS) is 10.9. The Balaban J connectivity index is 1.70. The van der Waals surface area contributed by atoms with Crippen molar-refractivity contribution < 1.29 is 4.42 Å². The Labute approximate surface area is 149 Å². The Morgan fingerprint density at radius 3 is 2.28 bits per heavy atom. The average molecular weight is 348 g/mol. The fourth-order valence-electron chi connectivity index (χ4n) is 2.52. The van der Waals surface area contributed by atoms with Crippen molar-refractivity contribution >= 4 is 11.8 Å². The molecule has 0 N–H and O–H groups in total. The Morgan fingerprint density at radius 2 is 1.64 bits per heavy atom. The van der Waals surface area contributed by atoms with E-state index in [1.165, 1.54) is 11.8 Å². The van der Waals surface area contributed by atoms with Crippen molar-refractivity contribution in [3.05, 3.63) is 72.8 Å². The number of rotatable bonds is 5. The van der Waals surface area contributed by atoms with Crippen LogP contribution in [0.15, 0.2) is 76.6 Å². The second-order valence-electron chi connectivity index (χ2n) is 5.48. The first-order valence-electron chi connectivity index (χ1n) is 7.88. The predicted molar refractivity (Wildman–Crippen MR) is 97.9 cm³/mol. The lowest BCUT2D eigenvalue weighted by molar-refractivity contribution is 0.466. The molecule has 5 nitrogen and oxygen atoms in total. The lowest BCUT2D eigenvalue weighted by Crippen LogP contribution is -1.97. The zero-order chi connectivity index (χ0) is 17.1. The summed E-state index contributed by atoms with van der Waals surface area (Å²) in [5.41, 5.74) is 2.90. The van der Waals surface area contributed by atoms with E-state index >= 15 is 0 Å². The summed E-state index contributed by atoms with van der Waals surface area (Å²) in [6, 6.07) is 20.1. The maximum absolute atomic E-state index is 6.09. The van der Waals surface area contributed by atoms with Gasteiger partial charge in [0.15, 0.2) is 5.76 Å². The Bertz CT molecular complexity index is 907. The molecule has 2 aromatic heterocycles. The Hall–Kier alpha value is -2.86. The number of aromatic nitrogens is 4. The van der Waals surface area contributed by atoms with Crippen LogP contribution in [0.4, 0.5) is 0 Å². The van der Waals surface area contributed by atoms with Crippen LogP contribution in [0.25, 0.3) is 22.6 Å². The smallest absolute Gasteiger partial charge is 0.257 e. The summed E-state index contributed by atoms with van der Waals surface area (Å²) >= 11 is 1.52. The number of hydrogen-bond acceptors (Lipinski definition) is 5. The predicted octanol–water partition coefficient (Wildman–Crippen LogP) is 4.43. The van der Waals surface area contributed by atoms with Crippen molar-refractivity contribution in [3.63, 3.8) is 0 Å². The van der Waals surface area contributed by atoms with Gasteiger partial charge in [0.25, 0.3) is 5.22 Å². The van der Waals surface area contributed by atoms with Gasteiger partial charge in [0.1, 0.15) is 17.8 Å². The summed E-state index contributed by atoms with van der Waals surface area (Å²) in [4.78, 5) is 8.96. The lowest BCUT2D eigenvalue weighted by atomic mass is 10.1. The van der Waals surface area contributed by atoms with Crippen LogP contribution in [0.5, 0.6) is 0 Å². The van der Waals surface area contributed by atoms with Crippen molar-refractivity contribution in [1.29, 1.82) is 0 Å². The van der Waals surface area contributed by atoms with Crippen LogP contribution >= 0.6 is 11.8 Å². The number of aryl methyl sites for hydroxylation is 1. The molecule has 25 heavy (non-hydrogen) atoms. The molecule has 124 valence electrons. The molecule has 0 atom stereocenters. The quantitative estimate of drug-likeness (QED) is 0.499. The van der Waals surface area contributed by atoms with Gasteiger partial charge in [-0.3, -0.25) is 4.68 Å². The van der Waals surface area contributed by atoms with Crippen molar-refractivity contribution in [3.8, 4) is 22.6 Å². The SMILES string of the molecule is Cn1ncnc1CSc1nc(-c2ccccc2)c(-c2ccccc2)o1. The highest BCUT2D eigenvalue weighted by molar-refractivity contribution is 7.98. The van der Waals surface area contributed by atoms with Gasteiger partial charge in [-0.05, 0) is 0 Å². The maximum atomic E-state index is 6.09. The minimum Gasteiger partial charge on any atom is -0.431 e. The van der Waals surface area contributed by atoms with Gasteiger partial charge in [0, 0.05) is 18.2 Å². The number of thioether (sulfide) groups is 1. The first kappa shape index (κ1) is 15.7. The molecule has 0 aliphatic rings. The molecule has 0 radical (unpaired) electrons. The van der Waals surface area contributed by atoms with E-state index in [1.807, 2.05) is 67.7 Å². The van der Waals surface area contributed by atoms with E-state index in [9.17, 15) is 0 Å². The molecule has 0 fully saturated rings. The highest BCUT2D eigenvalue weighted by atomic mass is 32.2. The topological polar surface area (TPSA) is 56.7 Å². The van der Waals surface area contributed by atoms with Gasteiger partial charge in [-0.25, -0.2) is 9.97 Å². The fourth-order valence-corrected chi connectivity index (χ4v) is 3.33. The van der Waals surface area contributed by atoms with E-state index < -0.39 is 0 Å². The molecule has 4 aromatic rings. The van der Waals surface area contributed by atoms with Crippen molar-refractivity contribution in [2.75, 3.05) is 0 Å². The van der Waals surface area contributed by atoms with Gasteiger partial charge < -0.3 is 4.42 Å². The highest BCUT2D eigenvalue weighted by Crippen LogP contribution is 2.36. The molecule has 0 aliphatic heterocycles. The van der Waals surface area contributed by atoms with Crippen LogP contribution in [0.1, 0.15) is 5.82 Å². The van der Waals surface area contributed by atoms with Gasteiger partial charge in [-0.1, -0.05) is 72.4 Å². The number of oxazole rings is 1. The van der Waals surface area contributed by atoms with Gasteiger partial charge in [-0.15, -0.1) is 0 Å². The number of hydrogen-bond donors (Lipinski definition) is 0. The molecule has 2 aromatic carbocycles. The van der Waals surface area contributed by atoms with Crippen LogP contribution in [-0.2, 0) is 12.8 Å². The molecule has 0 spiro atoms. The van der Waals surface area contributed by atoms with Crippen LogP contribution in [0.2, 0.25) is 0 Å². The Morgan fingerprint density at radius 1 is 0.960 bits per heavy atom. The summed E-state index contributed by atoms with van der Waals surface area (Å²) in [5, 5.41) is 4.71. The first-order valence-corrected chi connectivity index (χ1v) is 8.87. The van der Waals surface area contributed by atoms with Crippen molar-refractivity contribution in [1.82, 2.24) is 19.7 Å². The third-order valence-corrected chi connectivity index (χ3v) is 4.64. The van der Waals surface area contributed by atoms with Crippen molar-refractivity contribution in [2.24, 2.45) is 7.05 Å². The Kier molecular flexibility index (Phi) is 4.35. The van der Waals surface area contributed by atoms with Crippen LogP contribution in [0, 0.1) is 0 Å². The van der Waals surface area contributed by atoms with E-state index in [-0.39, 0.29) is 0 Å². The molecule has 2 heterocycles. The van der Waals surface area contributed by atoms with Gasteiger partial charge in [0.2, 0.25) is 0 Å². The molecule has 0 saturated heterocycles. The van der Waals surface area contributed by atoms with E-state index in [1.54, 1.807) is 11.0 Å². The van der Waals surface area contributed by atoms with E-state index in [0.717, 1.165) is 28.4 Å². The molecular weight excluding hydrogens is 332 g/mol. The standard InChI is InChI=1S/C19H16N4OS/c1-23-16(20-13-21-23)12-25-19-22-17(14-8-4-2-5-9-14)18(24-19)15-10-6-3-7-11-15/h2-11,13H,12H2,1H3. The average Bonchev–Trinajstić information content (AvgIpc) is 3.28. The molecular formula is C19H16N4OS. The molecule has 0 amide bonds.